The largest absolute Gasteiger partial charge is 0.444 e. The van der Waals surface area contributed by atoms with E-state index >= 15 is 0 Å². The third-order valence-electron chi connectivity index (χ3n) is 2.45. The fourth-order valence-electron chi connectivity index (χ4n) is 1.61. The van der Waals surface area contributed by atoms with Crippen molar-refractivity contribution >= 4 is 6.09 Å². The summed E-state index contributed by atoms with van der Waals surface area (Å²) >= 11 is 0. The molecule has 0 aromatic rings. The standard InChI is InChI=1S/C12H21NO2/c1-9-7-5-6-8-10(9)13-11(14)15-12(2,3)4/h5-6,9-10H,7-8H2,1-4H3,(H,13,14)/t9-,10?/m0/s1. The molecule has 1 unspecified atom stereocenters. The summed E-state index contributed by atoms with van der Waals surface area (Å²) < 4.78 is 5.21. The van der Waals surface area contributed by atoms with Crippen molar-refractivity contribution < 1.29 is 9.53 Å². The second kappa shape index (κ2) is 4.69. The Bertz CT molecular complexity index is 253. The zero-order valence-electron chi connectivity index (χ0n) is 10.0. The van der Waals surface area contributed by atoms with Gasteiger partial charge in [-0.1, -0.05) is 19.1 Å². The molecule has 0 radical (unpaired) electrons. The Kier molecular flexibility index (Phi) is 3.77. The summed E-state index contributed by atoms with van der Waals surface area (Å²) in [5.41, 5.74) is -0.419. The van der Waals surface area contributed by atoms with E-state index in [1.807, 2.05) is 20.8 Å². The van der Waals surface area contributed by atoms with Crippen LogP contribution in [0, 0.1) is 5.92 Å². The molecule has 0 saturated carbocycles. The highest BCUT2D eigenvalue weighted by molar-refractivity contribution is 5.68. The number of ether oxygens (including phenoxy) is 1. The van der Waals surface area contributed by atoms with Gasteiger partial charge < -0.3 is 10.1 Å². The van der Waals surface area contributed by atoms with Crippen LogP contribution in [0.25, 0.3) is 0 Å². The number of hydrogen-bond donors (Lipinski definition) is 1. The van der Waals surface area contributed by atoms with E-state index in [1.54, 1.807) is 0 Å². The molecule has 1 aliphatic rings. The van der Waals surface area contributed by atoms with Gasteiger partial charge in [-0.2, -0.15) is 0 Å². The first-order chi connectivity index (χ1) is 6.88. The highest BCUT2D eigenvalue weighted by Crippen LogP contribution is 2.18. The Morgan fingerprint density at radius 3 is 2.47 bits per heavy atom. The van der Waals surface area contributed by atoms with Crippen LogP contribution in [0.3, 0.4) is 0 Å². The maximum atomic E-state index is 11.5. The molecule has 0 aliphatic heterocycles. The van der Waals surface area contributed by atoms with Gasteiger partial charge in [0, 0.05) is 6.04 Å². The van der Waals surface area contributed by atoms with E-state index in [-0.39, 0.29) is 12.1 Å². The molecule has 0 aromatic heterocycles. The lowest BCUT2D eigenvalue weighted by Gasteiger charge is -2.28. The quantitative estimate of drug-likeness (QED) is 0.677. The van der Waals surface area contributed by atoms with Crippen LogP contribution >= 0.6 is 0 Å². The number of carbonyl (C=O) groups excluding carboxylic acids is 1. The summed E-state index contributed by atoms with van der Waals surface area (Å²) in [5, 5.41) is 2.91. The normalized spacial score (nSPS) is 26.1. The van der Waals surface area contributed by atoms with Crippen molar-refractivity contribution in [2.24, 2.45) is 5.92 Å². The summed E-state index contributed by atoms with van der Waals surface area (Å²) in [7, 11) is 0. The molecule has 0 fully saturated rings. The SMILES string of the molecule is C[C@H]1CC=CCC1NC(=O)OC(C)(C)C. The molecule has 1 rings (SSSR count). The Morgan fingerprint density at radius 1 is 1.33 bits per heavy atom. The summed E-state index contributed by atoms with van der Waals surface area (Å²) in [4.78, 5) is 11.5. The lowest BCUT2D eigenvalue weighted by molar-refractivity contribution is 0.0487. The van der Waals surface area contributed by atoms with Gasteiger partial charge in [0.05, 0.1) is 0 Å². The van der Waals surface area contributed by atoms with Crippen molar-refractivity contribution in [3.05, 3.63) is 12.2 Å². The van der Waals surface area contributed by atoms with E-state index in [9.17, 15) is 4.79 Å². The van der Waals surface area contributed by atoms with Crippen LogP contribution in [-0.4, -0.2) is 17.7 Å². The van der Waals surface area contributed by atoms with Gasteiger partial charge in [-0.05, 0) is 39.5 Å². The predicted octanol–water partition coefficient (Wildman–Crippen LogP) is 2.87. The zero-order valence-corrected chi connectivity index (χ0v) is 10.0. The van der Waals surface area contributed by atoms with Gasteiger partial charge in [0.1, 0.15) is 5.60 Å². The van der Waals surface area contributed by atoms with Crippen molar-refractivity contribution in [3.8, 4) is 0 Å². The molecule has 0 bridgehead atoms. The van der Waals surface area contributed by atoms with Crippen LogP contribution < -0.4 is 5.32 Å². The molecule has 2 atom stereocenters. The average Bonchev–Trinajstić information content (AvgIpc) is 2.05. The van der Waals surface area contributed by atoms with E-state index in [0.29, 0.717) is 5.92 Å². The number of hydrogen-bond acceptors (Lipinski definition) is 2. The highest BCUT2D eigenvalue weighted by Gasteiger charge is 2.23. The number of amides is 1. The van der Waals surface area contributed by atoms with Gasteiger partial charge in [0.2, 0.25) is 0 Å². The van der Waals surface area contributed by atoms with E-state index < -0.39 is 5.60 Å². The first kappa shape index (κ1) is 12.1. The minimum absolute atomic E-state index is 0.213. The molecule has 3 nitrogen and oxygen atoms in total. The summed E-state index contributed by atoms with van der Waals surface area (Å²) in [5.74, 6) is 0.488. The van der Waals surface area contributed by atoms with Gasteiger partial charge in [-0.15, -0.1) is 0 Å². The summed E-state index contributed by atoms with van der Waals surface area (Å²) in [6, 6.07) is 0.213. The second-order valence-electron chi connectivity index (χ2n) is 5.17. The van der Waals surface area contributed by atoms with Crippen LogP contribution in [0.2, 0.25) is 0 Å². The number of carbonyl (C=O) groups is 1. The van der Waals surface area contributed by atoms with Gasteiger partial charge in [-0.25, -0.2) is 4.79 Å². The minimum Gasteiger partial charge on any atom is -0.444 e. The zero-order chi connectivity index (χ0) is 11.5. The molecular weight excluding hydrogens is 190 g/mol. The van der Waals surface area contributed by atoms with Crippen LogP contribution in [-0.2, 0) is 4.74 Å². The number of rotatable bonds is 1. The van der Waals surface area contributed by atoms with Crippen LogP contribution in [0.4, 0.5) is 4.79 Å². The molecule has 0 aromatic carbocycles. The van der Waals surface area contributed by atoms with Gasteiger partial charge in [-0.3, -0.25) is 0 Å². The molecule has 1 amide bonds. The Balaban J connectivity index is 2.41. The smallest absolute Gasteiger partial charge is 0.407 e. The Labute approximate surface area is 91.9 Å². The first-order valence-corrected chi connectivity index (χ1v) is 5.53. The monoisotopic (exact) mass is 211 g/mol. The minimum atomic E-state index is -0.419. The lowest BCUT2D eigenvalue weighted by Crippen LogP contribution is -2.42. The van der Waals surface area contributed by atoms with Crippen molar-refractivity contribution in [2.75, 3.05) is 0 Å². The molecular formula is C12H21NO2. The van der Waals surface area contributed by atoms with Gasteiger partial charge in [0.25, 0.3) is 0 Å². The molecule has 15 heavy (non-hydrogen) atoms. The molecule has 0 saturated heterocycles. The predicted molar refractivity (Wildman–Crippen MR) is 60.7 cm³/mol. The lowest BCUT2D eigenvalue weighted by atomic mass is 9.91. The van der Waals surface area contributed by atoms with Crippen LogP contribution in [0.15, 0.2) is 12.2 Å². The Morgan fingerprint density at radius 2 is 1.93 bits per heavy atom. The topological polar surface area (TPSA) is 38.3 Å². The van der Waals surface area contributed by atoms with Crippen molar-refractivity contribution in [1.82, 2.24) is 5.32 Å². The van der Waals surface area contributed by atoms with Gasteiger partial charge in [0.15, 0.2) is 0 Å². The van der Waals surface area contributed by atoms with E-state index in [0.717, 1.165) is 12.8 Å². The molecule has 1 N–H and O–H groups in total. The first-order valence-electron chi connectivity index (χ1n) is 5.53. The maximum absolute atomic E-state index is 11.5. The fraction of sp³-hybridized carbons (Fsp3) is 0.750. The third-order valence-corrected chi connectivity index (χ3v) is 2.45. The van der Waals surface area contributed by atoms with E-state index in [4.69, 9.17) is 4.74 Å². The maximum Gasteiger partial charge on any atom is 0.407 e. The molecule has 1 aliphatic carbocycles. The van der Waals surface area contributed by atoms with E-state index in [1.165, 1.54) is 0 Å². The van der Waals surface area contributed by atoms with Crippen LogP contribution in [0.5, 0.6) is 0 Å². The van der Waals surface area contributed by atoms with E-state index in [2.05, 4.69) is 24.4 Å². The molecule has 86 valence electrons. The number of alkyl carbamates (subject to hydrolysis) is 1. The average molecular weight is 211 g/mol. The summed E-state index contributed by atoms with van der Waals surface area (Å²) in [6.07, 6.45) is 5.90. The highest BCUT2D eigenvalue weighted by atomic mass is 16.6. The fourth-order valence-corrected chi connectivity index (χ4v) is 1.61. The molecule has 0 spiro atoms. The van der Waals surface area contributed by atoms with Crippen molar-refractivity contribution in [1.29, 1.82) is 0 Å². The number of allylic oxidation sites excluding steroid dienone is 1. The van der Waals surface area contributed by atoms with Crippen molar-refractivity contribution in [2.45, 2.75) is 52.2 Å². The molecule has 3 heteroatoms. The second-order valence-corrected chi connectivity index (χ2v) is 5.17. The van der Waals surface area contributed by atoms with Crippen molar-refractivity contribution in [3.63, 3.8) is 0 Å². The summed E-state index contributed by atoms with van der Waals surface area (Å²) in [6.45, 7) is 7.76. The van der Waals surface area contributed by atoms with Crippen LogP contribution in [0.1, 0.15) is 40.5 Å². The van der Waals surface area contributed by atoms with Gasteiger partial charge >= 0.3 is 6.09 Å². The molecule has 0 heterocycles. The third kappa shape index (κ3) is 4.36. The number of nitrogens with one attached hydrogen (secondary N) is 1. The Hall–Kier alpha value is -0.990.